The molecule has 0 saturated carbocycles. The van der Waals surface area contributed by atoms with E-state index >= 15 is 0 Å². The van der Waals surface area contributed by atoms with Crippen molar-refractivity contribution in [1.29, 1.82) is 0 Å². The van der Waals surface area contributed by atoms with Crippen LogP contribution in [-0.2, 0) is 13.6 Å². The Kier molecular flexibility index (Phi) is 4.49. The molecule has 0 atom stereocenters. The first kappa shape index (κ1) is 12.7. The number of aryl methyl sites for hydroxylation is 1. The molecule has 1 N–H and O–H groups in total. The first-order chi connectivity index (χ1) is 7.54. The van der Waals surface area contributed by atoms with Crippen LogP contribution in [0.3, 0.4) is 0 Å². The standard InChI is InChI=1S/C11H19N3O2/c1-4-5-6-13(2)8-10-9(11(15)16)7-14(3)12-10/h7H,4-6,8H2,1-3H3,(H,15,16). The Hall–Kier alpha value is -1.36. The van der Waals surface area contributed by atoms with Crippen LogP contribution in [0.1, 0.15) is 35.8 Å². The molecule has 1 aromatic heterocycles. The summed E-state index contributed by atoms with van der Waals surface area (Å²) in [6.45, 7) is 3.69. The topological polar surface area (TPSA) is 58.4 Å². The van der Waals surface area contributed by atoms with Gasteiger partial charge in [0.1, 0.15) is 5.56 Å². The number of hydrogen-bond acceptors (Lipinski definition) is 3. The van der Waals surface area contributed by atoms with Gasteiger partial charge in [0.05, 0.1) is 5.69 Å². The van der Waals surface area contributed by atoms with E-state index < -0.39 is 5.97 Å². The maximum Gasteiger partial charge on any atom is 0.339 e. The molecule has 0 unspecified atom stereocenters. The highest BCUT2D eigenvalue weighted by atomic mass is 16.4. The Morgan fingerprint density at radius 1 is 1.62 bits per heavy atom. The molecule has 5 heteroatoms. The fraction of sp³-hybridized carbons (Fsp3) is 0.636. The number of carbonyl (C=O) groups is 1. The van der Waals surface area contributed by atoms with Crippen LogP contribution in [0.15, 0.2) is 6.20 Å². The van der Waals surface area contributed by atoms with Crippen LogP contribution < -0.4 is 0 Å². The first-order valence-electron chi connectivity index (χ1n) is 5.49. The molecule has 0 saturated heterocycles. The number of rotatable bonds is 6. The van der Waals surface area contributed by atoms with Crippen LogP contribution in [0, 0.1) is 0 Å². The fourth-order valence-electron chi connectivity index (χ4n) is 1.59. The lowest BCUT2D eigenvalue weighted by atomic mass is 10.2. The van der Waals surface area contributed by atoms with Crippen LogP contribution in [0.25, 0.3) is 0 Å². The highest BCUT2D eigenvalue weighted by Crippen LogP contribution is 2.09. The third-order valence-corrected chi connectivity index (χ3v) is 2.45. The molecular formula is C11H19N3O2. The van der Waals surface area contributed by atoms with E-state index in [1.54, 1.807) is 17.9 Å². The van der Waals surface area contributed by atoms with Crippen molar-refractivity contribution in [2.45, 2.75) is 26.3 Å². The molecule has 90 valence electrons. The highest BCUT2D eigenvalue weighted by molar-refractivity contribution is 5.88. The third-order valence-electron chi connectivity index (χ3n) is 2.45. The summed E-state index contributed by atoms with van der Waals surface area (Å²) >= 11 is 0. The van der Waals surface area contributed by atoms with Gasteiger partial charge in [-0.25, -0.2) is 4.79 Å². The Bertz CT molecular complexity index is 360. The van der Waals surface area contributed by atoms with Crippen LogP contribution >= 0.6 is 0 Å². The van der Waals surface area contributed by atoms with E-state index in [0.29, 0.717) is 17.8 Å². The van der Waals surface area contributed by atoms with E-state index in [1.165, 1.54) is 0 Å². The van der Waals surface area contributed by atoms with Crippen LogP contribution in [0.5, 0.6) is 0 Å². The number of carboxylic acids is 1. The van der Waals surface area contributed by atoms with Crippen molar-refractivity contribution in [3.05, 3.63) is 17.5 Å². The van der Waals surface area contributed by atoms with E-state index in [-0.39, 0.29) is 0 Å². The largest absolute Gasteiger partial charge is 0.478 e. The van der Waals surface area contributed by atoms with E-state index in [9.17, 15) is 4.79 Å². The van der Waals surface area contributed by atoms with Gasteiger partial charge in [-0.15, -0.1) is 0 Å². The Morgan fingerprint density at radius 2 is 2.31 bits per heavy atom. The minimum Gasteiger partial charge on any atom is -0.478 e. The lowest BCUT2D eigenvalue weighted by molar-refractivity contribution is 0.0694. The summed E-state index contributed by atoms with van der Waals surface area (Å²) < 4.78 is 1.55. The molecule has 0 amide bonds. The van der Waals surface area contributed by atoms with Gasteiger partial charge in [-0.2, -0.15) is 5.10 Å². The van der Waals surface area contributed by atoms with Gasteiger partial charge >= 0.3 is 5.97 Å². The van der Waals surface area contributed by atoms with Crippen molar-refractivity contribution in [3.63, 3.8) is 0 Å². The van der Waals surface area contributed by atoms with Crippen molar-refractivity contribution in [2.24, 2.45) is 7.05 Å². The summed E-state index contributed by atoms with van der Waals surface area (Å²) in [5, 5.41) is 13.2. The molecule has 0 aromatic carbocycles. The van der Waals surface area contributed by atoms with Crippen molar-refractivity contribution >= 4 is 5.97 Å². The molecule has 0 bridgehead atoms. The molecule has 1 rings (SSSR count). The quantitative estimate of drug-likeness (QED) is 0.794. The molecular weight excluding hydrogens is 206 g/mol. The SMILES string of the molecule is CCCCN(C)Cc1nn(C)cc1C(=O)O. The normalized spacial score (nSPS) is 11.0. The van der Waals surface area contributed by atoms with E-state index in [4.69, 9.17) is 5.11 Å². The zero-order chi connectivity index (χ0) is 12.1. The molecule has 0 aliphatic carbocycles. The van der Waals surface area contributed by atoms with Crippen LogP contribution in [0.2, 0.25) is 0 Å². The second-order valence-corrected chi connectivity index (χ2v) is 4.06. The second kappa shape index (κ2) is 5.65. The molecule has 0 aliphatic heterocycles. The van der Waals surface area contributed by atoms with Gasteiger partial charge < -0.3 is 10.0 Å². The molecule has 0 spiro atoms. The minimum atomic E-state index is -0.910. The molecule has 5 nitrogen and oxygen atoms in total. The summed E-state index contributed by atoms with van der Waals surface area (Å²) in [5.74, 6) is -0.910. The predicted molar refractivity (Wildman–Crippen MR) is 61.4 cm³/mol. The number of aromatic carboxylic acids is 1. The van der Waals surface area contributed by atoms with E-state index in [1.807, 2.05) is 7.05 Å². The van der Waals surface area contributed by atoms with Gasteiger partial charge in [0.15, 0.2) is 0 Å². The first-order valence-corrected chi connectivity index (χ1v) is 5.49. The van der Waals surface area contributed by atoms with Gasteiger partial charge in [-0.1, -0.05) is 13.3 Å². The van der Waals surface area contributed by atoms with Gasteiger partial charge in [-0.3, -0.25) is 4.68 Å². The third kappa shape index (κ3) is 3.34. The monoisotopic (exact) mass is 225 g/mol. The highest BCUT2D eigenvalue weighted by Gasteiger charge is 2.15. The second-order valence-electron chi connectivity index (χ2n) is 4.06. The predicted octanol–water partition coefficient (Wildman–Crippen LogP) is 1.35. The summed E-state index contributed by atoms with van der Waals surface area (Å²) in [5.41, 5.74) is 0.930. The summed E-state index contributed by atoms with van der Waals surface area (Å²) in [4.78, 5) is 13.1. The number of aromatic nitrogens is 2. The maximum absolute atomic E-state index is 11.0. The Balaban J connectivity index is 2.68. The fourth-order valence-corrected chi connectivity index (χ4v) is 1.59. The zero-order valence-corrected chi connectivity index (χ0v) is 10.1. The van der Waals surface area contributed by atoms with Crippen molar-refractivity contribution in [2.75, 3.05) is 13.6 Å². The van der Waals surface area contributed by atoms with Crippen molar-refractivity contribution in [3.8, 4) is 0 Å². The summed E-state index contributed by atoms with van der Waals surface area (Å²) in [6, 6.07) is 0. The number of hydrogen-bond donors (Lipinski definition) is 1. The lowest BCUT2D eigenvalue weighted by Gasteiger charge is -2.14. The number of carboxylic acid groups (broad SMARTS) is 1. The van der Waals surface area contributed by atoms with Crippen molar-refractivity contribution in [1.82, 2.24) is 14.7 Å². The zero-order valence-electron chi connectivity index (χ0n) is 10.1. The summed E-state index contributed by atoms with van der Waals surface area (Å²) in [6.07, 6.45) is 3.80. The molecule has 16 heavy (non-hydrogen) atoms. The van der Waals surface area contributed by atoms with Gasteiger partial charge in [0.2, 0.25) is 0 Å². The molecule has 1 aromatic rings. The molecule has 0 aliphatic rings. The van der Waals surface area contributed by atoms with E-state index in [0.717, 1.165) is 19.4 Å². The maximum atomic E-state index is 11.0. The molecule has 0 fully saturated rings. The van der Waals surface area contributed by atoms with Gasteiger partial charge in [0, 0.05) is 19.8 Å². The van der Waals surface area contributed by atoms with Crippen LogP contribution in [-0.4, -0.2) is 39.3 Å². The molecule has 0 radical (unpaired) electrons. The summed E-state index contributed by atoms with van der Waals surface area (Å²) in [7, 11) is 3.72. The van der Waals surface area contributed by atoms with Gasteiger partial charge in [-0.05, 0) is 20.0 Å². The smallest absolute Gasteiger partial charge is 0.339 e. The number of nitrogens with zero attached hydrogens (tertiary/aromatic N) is 3. The lowest BCUT2D eigenvalue weighted by Crippen LogP contribution is -2.20. The van der Waals surface area contributed by atoms with Crippen molar-refractivity contribution < 1.29 is 9.90 Å². The Labute approximate surface area is 95.7 Å². The minimum absolute atomic E-state index is 0.297. The van der Waals surface area contributed by atoms with Crippen LogP contribution in [0.4, 0.5) is 0 Å². The average molecular weight is 225 g/mol. The van der Waals surface area contributed by atoms with Gasteiger partial charge in [0.25, 0.3) is 0 Å². The number of unbranched alkanes of at least 4 members (excludes halogenated alkanes) is 1. The molecule has 1 heterocycles. The average Bonchev–Trinajstić information content (AvgIpc) is 2.56. The van der Waals surface area contributed by atoms with E-state index in [2.05, 4.69) is 16.9 Å². The Morgan fingerprint density at radius 3 is 2.88 bits per heavy atom.